The summed E-state index contributed by atoms with van der Waals surface area (Å²) < 4.78 is 1.99. The summed E-state index contributed by atoms with van der Waals surface area (Å²) in [5, 5.41) is 3.28. The summed E-state index contributed by atoms with van der Waals surface area (Å²) in [5.41, 5.74) is 14.5. The largest absolute Gasteiger partial charge is 0.368 e. The van der Waals surface area contributed by atoms with Gasteiger partial charge in [-0.05, 0) is 25.0 Å². The van der Waals surface area contributed by atoms with Gasteiger partial charge in [0.25, 0.3) is 0 Å². The average molecular weight is 309 g/mol. The third-order valence-corrected chi connectivity index (χ3v) is 4.22. The topological polar surface area (TPSA) is 107 Å². The minimum absolute atomic E-state index is 0.283. The molecule has 1 aliphatic rings. The van der Waals surface area contributed by atoms with Crippen LogP contribution in [0.15, 0.2) is 36.7 Å². The van der Waals surface area contributed by atoms with Gasteiger partial charge in [-0.1, -0.05) is 6.07 Å². The van der Waals surface area contributed by atoms with Crippen LogP contribution in [0.2, 0.25) is 0 Å². The number of nitrogens with one attached hydrogen (secondary N) is 1. The number of hydrogen-bond donors (Lipinski definition) is 3. The van der Waals surface area contributed by atoms with Crippen LogP contribution in [-0.2, 0) is 6.54 Å². The molecule has 0 bridgehead atoms. The second kappa shape index (κ2) is 5.51. The number of aromatic nitrogens is 4. The highest BCUT2D eigenvalue weighted by Gasteiger charge is 2.29. The standard InChI is InChI=1S/C16H19N7/c17-11-5-10(6-11)13-7-14(22-16(18)21-13)19-8-12-9-23-4-2-1-3-15(23)20-12/h1-4,7,9-11H,5-6,8,17H2,(H3,18,19,21,22). The quantitative estimate of drug-likeness (QED) is 0.674. The van der Waals surface area contributed by atoms with Crippen molar-refractivity contribution in [3.63, 3.8) is 0 Å². The molecule has 3 heterocycles. The summed E-state index contributed by atoms with van der Waals surface area (Å²) >= 11 is 0. The monoisotopic (exact) mass is 309 g/mol. The van der Waals surface area contributed by atoms with Crippen LogP contribution in [-0.4, -0.2) is 25.4 Å². The second-order valence-corrected chi connectivity index (χ2v) is 6.02. The van der Waals surface area contributed by atoms with Gasteiger partial charge in [-0.2, -0.15) is 4.98 Å². The van der Waals surface area contributed by atoms with E-state index in [-0.39, 0.29) is 6.04 Å². The summed E-state index contributed by atoms with van der Waals surface area (Å²) in [6.45, 7) is 0.585. The third kappa shape index (κ3) is 2.83. The first kappa shape index (κ1) is 14.0. The number of nitrogens with two attached hydrogens (primary N) is 2. The molecule has 0 aromatic carbocycles. The number of imidazole rings is 1. The molecule has 1 aliphatic carbocycles. The van der Waals surface area contributed by atoms with Gasteiger partial charge < -0.3 is 21.2 Å². The van der Waals surface area contributed by atoms with Gasteiger partial charge >= 0.3 is 0 Å². The highest BCUT2D eigenvalue weighted by Crippen LogP contribution is 2.35. The van der Waals surface area contributed by atoms with E-state index in [2.05, 4.69) is 20.3 Å². The van der Waals surface area contributed by atoms with Gasteiger partial charge in [-0.25, -0.2) is 9.97 Å². The molecule has 0 radical (unpaired) electrons. The number of anilines is 2. The van der Waals surface area contributed by atoms with E-state index < -0.39 is 0 Å². The Hall–Kier alpha value is -2.67. The summed E-state index contributed by atoms with van der Waals surface area (Å²) in [6.07, 6.45) is 5.90. The number of hydrogen-bond acceptors (Lipinski definition) is 6. The molecule has 7 heteroatoms. The Bertz CT molecular complexity index is 802. The molecule has 0 spiro atoms. The molecule has 0 aliphatic heterocycles. The summed E-state index contributed by atoms with van der Waals surface area (Å²) in [7, 11) is 0. The molecule has 0 saturated heterocycles. The maximum absolute atomic E-state index is 5.85. The molecule has 0 unspecified atom stereocenters. The van der Waals surface area contributed by atoms with Crippen molar-refractivity contribution < 1.29 is 0 Å². The molecule has 3 aromatic rings. The SMILES string of the molecule is Nc1nc(NCc2cn3ccccc3n2)cc(C2CC(N)C2)n1. The Balaban J connectivity index is 1.49. The van der Waals surface area contributed by atoms with E-state index in [9.17, 15) is 0 Å². The highest BCUT2D eigenvalue weighted by molar-refractivity contribution is 5.44. The minimum Gasteiger partial charge on any atom is -0.368 e. The fourth-order valence-corrected chi connectivity index (χ4v) is 2.94. The zero-order valence-corrected chi connectivity index (χ0v) is 12.7. The Morgan fingerprint density at radius 1 is 1.22 bits per heavy atom. The molecule has 1 fully saturated rings. The molecule has 23 heavy (non-hydrogen) atoms. The molecular formula is C16H19N7. The lowest BCUT2D eigenvalue weighted by atomic mass is 9.78. The molecule has 0 atom stereocenters. The van der Waals surface area contributed by atoms with Crippen LogP contribution in [0, 0.1) is 0 Å². The van der Waals surface area contributed by atoms with Crippen molar-refractivity contribution in [3.05, 3.63) is 48.0 Å². The highest BCUT2D eigenvalue weighted by atomic mass is 15.1. The Kier molecular flexibility index (Phi) is 3.34. The van der Waals surface area contributed by atoms with Crippen molar-refractivity contribution in [3.8, 4) is 0 Å². The van der Waals surface area contributed by atoms with Crippen LogP contribution in [0.5, 0.6) is 0 Å². The van der Waals surface area contributed by atoms with Gasteiger partial charge in [0, 0.05) is 30.4 Å². The van der Waals surface area contributed by atoms with Gasteiger partial charge in [0.1, 0.15) is 11.5 Å². The number of pyridine rings is 1. The minimum atomic E-state index is 0.283. The normalized spacial score (nSPS) is 20.4. The van der Waals surface area contributed by atoms with Crippen LogP contribution in [0.4, 0.5) is 11.8 Å². The van der Waals surface area contributed by atoms with Gasteiger partial charge in [-0.15, -0.1) is 0 Å². The first-order valence-electron chi connectivity index (χ1n) is 7.74. The molecule has 3 aromatic heterocycles. The Labute approximate surface area is 133 Å². The maximum Gasteiger partial charge on any atom is 0.222 e. The van der Waals surface area contributed by atoms with Crippen LogP contribution in [0.3, 0.4) is 0 Å². The smallest absolute Gasteiger partial charge is 0.222 e. The summed E-state index contributed by atoms with van der Waals surface area (Å²) in [4.78, 5) is 13.1. The van der Waals surface area contributed by atoms with Gasteiger partial charge in [-0.3, -0.25) is 0 Å². The Morgan fingerprint density at radius 3 is 2.87 bits per heavy atom. The van der Waals surface area contributed by atoms with Crippen molar-refractivity contribution >= 4 is 17.4 Å². The van der Waals surface area contributed by atoms with E-state index in [0.717, 1.165) is 35.7 Å². The van der Waals surface area contributed by atoms with Crippen molar-refractivity contribution in [2.75, 3.05) is 11.1 Å². The number of rotatable bonds is 4. The Morgan fingerprint density at radius 2 is 2.09 bits per heavy atom. The number of nitrogens with zero attached hydrogens (tertiary/aromatic N) is 4. The summed E-state index contributed by atoms with van der Waals surface area (Å²) in [6, 6.07) is 8.17. The average Bonchev–Trinajstić information content (AvgIpc) is 2.92. The van der Waals surface area contributed by atoms with Crippen molar-refractivity contribution in [1.82, 2.24) is 19.4 Å². The maximum atomic E-state index is 5.85. The molecular weight excluding hydrogens is 290 g/mol. The fraction of sp³-hybridized carbons (Fsp3) is 0.312. The molecule has 118 valence electrons. The van der Waals surface area contributed by atoms with E-state index in [0.29, 0.717) is 18.4 Å². The predicted molar refractivity (Wildman–Crippen MR) is 88.9 cm³/mol. The zero-order chi connectivity index (χ0) is 15.8. The van der Waals surface area contributed by atoms with E-state index in [4.69, 9.17) is 11.5 Å². The lowest BCUT2D eigenvalue weighted by molar-refractivity contribution is 0.345. The number of fused-ring (bicyclic) bond motifs is 1. The van der Waals surface area contributed by atoms with Crippen LogP contribution in [0.1, 0.15) is 30.1 Å². The van der Waals surface area contributed by atoms with Gasteiger partial charge in [0.15, 0.2) is 0 Å². The predicted octanol–water partition coefficient (Wildman–Crippen LogP) is 1.52. The molecule has 7 nitrogen and oxygen atoms in total. The van der Waals surface area contributed by atoms with Crippen molar-refractivity contribution in [1.29, 1.82) is 0 Å². The third-order valence-electron chi connectivity index (χ3n) is 4.22. The first-order chi connectivity index (χ1) is 11.2. The van der Waals surface area contributed by atoms with Gasteiger partial charge in [0.2, 0.25) is 5.95 Å². The van der Waals surface area contributed by atoms with Crippen LogP contribution >= 0.6 is 0 Å². The van der Waals surface area contributed by atoms with Crippen molar-refractivity contribution in [2.45, 2.75) is 31.3 Å². The van der Waals surface area contributed by atoms with Crippen molar-refractivity contribution in [2.24, 2.45) is 5.73 Å². The lowest BCUT2D eigenvalue weighted by Crippen LogP contribution is -2.35. The molecule has 4 rings (SSSR count). The zero-order valence-electron chi connectivity index (χ0n) is 12.7. The summed E-state index contributed by atoms with van der Waals surface area (Å²) in [5.74, 6) is 1.41. The molecule has 1 saturated carbocycles. The fourth-order valence-electron chi connectivity index (χ4n) is 2.94. The van der Waals surface area contributed by atoms with Crippen LogP contribution < -0.4 is 16.8 Å². The second-order valence-electron chi connectivity index (χ2n) is 6.02. The molecule has 5 N–H and O–H groups in total. The lowest BCUT2D eigenvalue weighted by Gasteiger charge is -2.32. The van der Waals surface area contributed by atoms with E-state index >= 15 is 0 Å². The number of nitrogen functional groups attached to an aromatic ring is 1. The van der Waals surface area contributed by atoms with Gasteiger partial charge in [0.05, 0.1) is 17.9 Å². The van der Waals surface area contributed by atoms with E-state index in [1.165, 1.54) is 0 Å². The van der Waals surface area contributed by atoms with E-state index in [1.54, 1.807) is 0 Å². The first-order valence-corrected chi connectivity index (χ1v) is 7.74. The molecule has 0 amide bonds. The van der Waals surface area contributed by atoms with E-state index in [1.807, 2.05) is 41.1 Å². The van der Waals surface area contributed by atoms with Crippen LogP contribution in [0.25, 0.3) is 5.65 Å².